The summed E-state index contributed by atoms with van der Waals surface area (Å²) in [6.45, 7) is 3.88. The molecule has 0 amide bonds. The minimum atomic E-state index is -3.23. The Morgan fingerprint density at radius 2 is 1.85 bits per heavy atom. The largest absolute Gasteiger partial charge is 0.379 e. The van der Waals surface area contributed by atoms with Crippen LogP contribution in [0.3, 0.4) is 0 Å². The number of nitrogens with one attached hydrogen (secondary N) is 1. The summed E-state index contributed by atoms with van der Waals surface area (Å²) in [4.78, 5) is 2.11. The Morgan fingerprint density at radius 1 is 1.20 bits per heavy atom. The van der Waals surface area contributed by atoms with Gasteiger partial charge in [0.25, 0.3) is 0 Å². The van der Waals surface area contributed by atoms with Crippen molar-refractivity contribution in [2.24, 2.45) is 0 Å². The highest BCUT2D eigenvalue weighted by Gasteiger charge is 2.15. The summed E-state index contributed by atoms with van der Waals surface area (Å²) in [5.41, 5.74) is 0.947. The minimum Gasteiger partial charge on any atom is -0.379 e. The fourth-order valence-corrected chi connectivity index (χ4v) is 3.24. The second kappa shape index (κ2) is 7.51. The van der Waals surface area contributed by atoms with Crippen LogP contribution in [0.1, 0.15) is 5.56 Å². The molecule has 0 radical (unpaired) electrons. The molecule has 0 bridgehead atoms. The van der Waals surface area contributed by atoms with E-state index in [1.807, 2.05) is 24.3 Å². The molecular formula is C13H19BrN2O3S. The van der Waals surface area contributed by atoms with Crippen molar-refractivity contribution < 1.29 is 13.2 Å². The summed E-state index contributed by atoms with van der Waals surface area (Å²) in [7, 11) is -3.23. The molecule has 0 aliphatic carbocycles. The van der Waals surface area contributed by atoms with E-state index in [2.05, 4.69) is 25.6 Å². The van der Waals surface area contributed by atoms with Crippen molar-refractivity contribution in [2.75, 3.05) is 38.6 Å². The zero-order valence-electron chi connectivity index (χ0n) is 11.2. The third kappa shape index (κ3) is 5.49. The smallest absolute Gasteiger partial charge is 0.213 e. The number of nitrogens with zero attached hydrogens (tertiary/aromatic N) is 1. The van der Waals surface area contributed by atoms with Crippen molar-refractivity contribution in [3.63, 3.8) is 0 Å². The molecule has 1 N–H and O–H groups in total. The molecule has 112 valence electrons. The monoisotopic (exact) mass is 362 g/mol. The number of ether oxygens (including phenoxy) is 1. The molecule has 0 spiro atoms. The summed E-state index contributed by atoms with van der Waals surface area (Å²) in [6.07, 6.45) is 0. The Kier molecular flexibility index (Phi) is 5.98. The number of halogens is 1. The van der Waals surface area contributed by atoms with Crippen LogP contribution in [-0.2, 0) is 21.3 Å². The molecule has 0 saturated carbocycles. The molecule has 1 aliphatic heterocycles. The summed E-state index contributed by atoms with van der Waals surface area (Å²) in [5, 5.41) is 0. The van der Waals surface area contributed by atoms with Gasteiger partial charge in [0, 0.05) is 30.7 Å². The summed E-state index contributed by atoms with van der Waals surface area (Å²) < 4.78 is 32.7. The molecule has 1 aliphatic rings. The van der Waals surface area contributed by atoms with Gasteiger partial charge in [0.05, 0.1) is 19.0 Å². The molecular weight excluding hydrogens is 344 g/mol. The van der Waals surface area contributed by atoms with Crippen molar-refractivity contribution >= 4 is 26.0 Å². The molecule has 0 unspecified atom stereocenters. The van der Waals surface area contributed by atoms with E-state index >= 15 is 0 Å². The molecule has 20 heavy (non-hydrogen) atoms. The van der Waals surface area contributed by atoms with Gasteiger partial charge in [0.15, 0.2) is 0 Å². The van der Waals surface area contributed by atoms with Crippen LogP contribution >= 0.6 is 15.9 Å². The molecule has 5 nitrogen and oxygen atoms in total. The number of benzene rings is 1. The van der Waals surface area contributed by atoms with Gasteiger partial charge in [-0.1, -0.05) is 28.1 Å². The molecule has 1 saturated heterocycles. The van der Waals surface area contributed by atoms with Crippen molar-refractivity contribution in [2.45, 2.75) is 6.54 Å². The first-order chi connectivity index (χ1) is 9.55. The SMILES string of the molecule is O=S(=O)(CCN1CCOCC1)NCc1ccc(Br)cc1. The van der Waals surface area contributed by atoms with Crippen molar-refractivity contribution in [3.8, 4) is 0 Å². The van der Waals surface area contributed by atoms with Gasteiger partial charge < -0.3 is 4.74 Å². The fraction of sp³-hybridized carbons (Fsp3) is 0.538. The van der Waals surface area contributed by atoms with Crippen LogP contribution in [-0.4, -0.2) is 51.9 Å². The van der Waals surface area contributed by atoms with E-state index in [-0.39, 0.29) is 5.75 Å². The van der Waals surface area contributed by atoms with Crippen molar-refractivity contribution in [1.82, 2.24) is 9.62 Å². The Balaban J connectivity index is 1.76. The summed E-state index contributed by atoms with van der Waals surface area (Å²) >= 11 is 3.35. The first-order valence-electron chi connectivity index (χ1n) is 6.57. The summed E-state index contributed by atoms with van der Waals surface area (Å²) in [5.74, 6) is 0.129. The van der Waals surface area contributed by atoms with Crippen molar-refractivity contribution in [1.29, 1.82) is 0 Å². The van der Waals surface area contributed by atoms with E-state index in [1.165, 1.54) is 0 Å². The van der Waals surface area contributed by atoms with Crippen LogP contribution in [0.2, 0.25) is 0 Å². The molecule has 7 heteroatoms. The first kappa shape index (κ1) is 15.9. The maximum Gasteiger partial charge on any atom is 0.213 e. The average Bonchev–Trinajstić information content (AvgIpc) is 2.46. The van der Waals surface area contributed by atoms with Gasteiger partial charge in [0.2, 0.25) is 10.0 Å². The zero-order chi connectivity index (χ0) is 14.4. The van der Waals surface area contributed by atoms with E-state index in [0.29, 0.717) is 26.3 Å². The standard InChI is InChI=1S/C13H19BrN2O3S/c14-13-3-1-12(2-4-13)11-15-20(17,18)10-7-16-5-8-19-9-6-16/h1-4,15H,5-11H2. The van der Waals surface area contributed by atoms with E-state index < -0.39 is 10.0 Å². The first-order valence-corrected chi connectivity index (χ1v) is 9.01. The number of sulfonamides is 1. The highest BCUT2D eigenvalue weighted by atomic mass is 79.9. The predicted octanol–water partition coefficient (Wildman–Crippen LogP) is 1.20. The Hall–Kier alpha value is -0.470. The number of morpholine rings is 1. The third-order valence-corrected chi connectivity index (χ3v) is 5.02. The highest BCUT2D eigenvalue weighted by molar-refractivity contribution is 9.10. The molecule has 1 aromatic carbocycles. The maximum atomic E-state index is 11.9. The molecule has 1 heterocycles. The lowest BCUT2D eigenvalue weighted by Gasteiger charge is -2.26. The average molecular weight is 363 g/mol. The van der Waals surface area contributed by atoms with E-state index in [1.54, 1.807) is 0 Å². The lowest BCUT2D eigenvalue weighted by molar-refractivity contribution is 0.0408. The zero-order valence-corrected chi connectivity index (χ0v) is 13.6. The van der Waals surface area contributed by atoms with Gasteiger partial charge in [-0.05, 0) is 17.7 Å². The lowest BCUT2D eigenvalue weighted by Crippen LogP contribution is -2.40. The van der Waals surface area contributed by atoms with Gasteiger partial charge in [-0.3, -0.25) is 4.90 Å². The Morgan fingerprint density at radius 3 is 2.50 bits per heavy atom. The van der Waals surface area contributed by atoms with Crippen LogP contribution in [0.4, 0.5) is 0 Å². The lowest BCUT2D eigenvalue weighted by atomic mass is 10.2. The predicted molar refractivity (Wildman–Crippen MR) is 82.0 cm³/mol. The number of rotatable bonds is 6. The molecule has 2 rings (SSSR count). The van der Waals surface area contributed by atoms with Crippen LogP contribution in [0.25, 0.3) is 0 Å². The van der Waals surface area contributed by atoms with Crippen LogP contribution in [0.5, 0.6) is 0 Å². The topological polar surface area (TPSA) is 58.6 Å². The number of hydrogen-bond donors (Lipinski definition) is 1. The minimum absolute atomic E-state index is 0.129. The van der Waals surface area contributed by atoms with Crippen LogP contribution in [0.15, 0.2) is 28.7 Å². The van der Waals surface area contributed by atoms with Gasteiger partial charge in [0.1, 0.15) is 0 Å². The fourth-order valence-electron chi connectivity index (χ4n) is 1.94. The molecule has 1 aromatic rings. The van der Waals surface area contributed by atoms with Crippen molar-refractivity contribution in [3.05, 3.63) is 34.3 Å². The molecule has 0 aromatic heterocycles. The maximum absolute atomic E-state index is 11.9. The normalized spacial score (nSPS) is 17.2. The molecule has 1 fully saturated rings. The second-order valence-corrected chi connectivity index (χ2v) is 7.56. The Labute approximate surface area is 128 Å². The van der Waals surface area contributed by atoms with Gasteiger partial charge in [-0.15, -0.1) is 0 Å². The number of hydrogen-bond acceptors (Lipinski definition) is 4. The molecule has 0 atom stereocenters. The highest BCUT2D eigenvalue weighted by Crippen LogP contribution is 2.10. The van der Waals surface area contributed by atoms with E-state index in [9.17, 15) is 8.42 Å². The van der Waals surface area contributed by atoms with Gasteiger partial charge in [-0.2, -0.15) is 0 Å². The second-order valence-electron chi connectivity index (χ2n) is 4.72. The van der Waals surface area contributed by atoms with Gasteiger partial charge >= 0.3 is 0 Å². The van der Waals surface area contributed by atoms with Crippen LogP contribution < -0.4 is 4.72 Å². The van der Waals surface area contributed by atoms with Crippen LogP contribution in [0, 0.1) is 0 Å². The quantitative estimate of drug-likeness (QED) is 0.825. The summed E-state index contributed by atoms with van der Waals surface area (Å²) in [6, 6.07) is 7.60. The van der Waals surface area contributed by atoms with E-state index in [4.69, 9.17) is 4.74 Å². The van der Waals surface area contributed by atoms with Gasteiger partial charge in [-0.25, -0.2) is 13.1 Å². The Bertz CT molecular complexity index is 513. The third-order valence-electron chi connectivity index (χ3n) is 3.19. The van der Waals surface area contributed by atoms with E-state index in [0.717, 1.165) is 23.1 Å².